The van der Waals surface area contributed by atoms with Gasteiger partial charge in [-0.25, -0.2) is 4.98 Å². The first kappa shape index (κ1) is 13.7. The first-order chi connectivity index (χ1) is 8.92. The van der Waals surface area contributed by atoms with Crippen LogP contribution in [0.5, 0.6) is 0 Å². The molecule has 0 saturated heterocycles. The summed E-state index contributed by atoms with van der Waals surface area (Å²) in [5.74, 6) is 0.304. The van der Waals surface area contributed by atoms with Gasteiger partial charge in [-0.3, -0.25) is 0 Å². The van der Waals surface area contributed by atoms with Crippen molar-refractivity contribution >= 4 is 16.5 Å². The minimum atomic E-state index is -4.37. The maximum absolute atomic E-state index is 11.8. The quantitative estimate of drug-likeness (QED) is 0.904. The number of nitrogens with two attached hydrogens (primary N) is 1. The van der Waals surface area contributed by atoms with Gasteiger partial charge in [0.05, 0.1) is 12.1 Å². The Kier molecular flexibility index (Phi) is 4.00. The molecule has 2 N–H and O–H groups in total. The zero-order chi connectivity index (χ0) is 13.9. The second-order valence-electron chi connectivity index (χ2n) is 3.57. The zero-order valence-electron chi connectivity index (χ0n) is 9.48. The van der Waals surface area contributed by atoms with E-state index in [-0.39, 0.29) is 24.7 Å². The third-order valence-corrected chi connectivity index (χ3v) is 2.63. The second kappa shape index (κ2) is 5.53. The number of nitrogens with zero attached hydrogens (tertiary/aromatic N) is 3. The molecule has 104 valence electrons. The van der Waals surface area contributed by atoms with E-state index < -0.39 is 12.8 Å². The van der Waals surface area contributed by atoms with Gasteiger partial charge in [0, 0.05) is 5.38 Å². The van der Waals surface area contributed by atoms with Crippen LogP contribution in [0.4, 0.5) is 18.3 Å². The van der Waals surface area contributed by atoms with Gasteiger partial charge < -0.3 is 15.0 Å². The Hall–Kier alpha value is -1.68. The molecular weight excluding hydrogens is 285 g/mol. The average Bonchev–Trinajstić information content (AvgIpc) is 2.87. The van der Waals surface area contributed by atoms with Crippen molar-refractivity contribution < 1.29 is 22.4 Å². The van der Waals surface area contributed by atoms with Gasteiger partial charge in [0.2, 0.25) is 5.89 Å². The summed E-state index contributed by atoms with van der Waals surface area (Å²) in [6.07, 6.45) is -4.09. The lowest BCUT2D eigenvalue weighted by atomic mass is 10.3. The van der Waals surface area contributed by atoms with Crippen LogP contribution in [0.1, 0.15) is 17.4 Å². The number of ether oxygens (including phenoxy) is 1. The molecule has 2 rings (SSSR count). The molecule has 0 fully saturated rings. The van der Waals surface area contributed by atoms with Crippen molar-refractivity contribution in [3.63, 3.8) is 0 Å². The van der Waals surface area contributed by atoms with E-state index in [2.05, 4.69) is 19.9 Å². The lowest BCUT2D eigenvalue weighted by molar-refractivity contribution is -0.177. The van der Waals surface area contributed by atoms with Crippen LogP contribution in [0.15, 0.2) is 9.90 Å². The Morgan fingerprint density at radius 3 is 2.79 bits per heavy atom. The van der Waals surface area contributed by atoms with Crippen LogP contribution in [0.3, 0.4) is 0 Å². The third-order valence-electron chi connectivity index (χ3n) is 1.91. The highest BCUT2D eigenvalue weighted by atomic mass is 32.1. The Morgan fingerprint density at radius 1 is 1.37 bits per heavy atom. The van der Waals surface area contributed by atoms with E-state index in [9.17, 15) is 13.2 Å². The summed E-state index contributed by atoms with van der Waals surface area (Å²) in [4.78, 5) is 7.89. The van der Waals surface area contributed by atoms with Crippen molar-refractivity contribution in [2.45, 2.75) is 19.2 Å². The average molecular weight is 294 g/mol. The Bertz CT molecular complexity index is 540. The van der Waals surface area contributed by atoms with E-state index >= 15 is 0 Å². The summed E-state index contributed by atoms with van der Waals surface area (Å²) in [6, 6.07) is 0. The van der Waals surface area contributed by atoms with Gasteiger partial charge in [-0.05, 0) is 0 Å². The highest BCUT2D eigenvalue weighted by molar-refractivity contribution is 7.13. The van der Waals surface area contributed by atoms with E-state index in [4.69, 9.17) is 10.3 Å². The SMILES string of the molecule is Nc1nc(Cc2nc(COCC(F)(F)F)no2)cs1. The number of aromatic nitrogens is 3. The number of alkyl halides is 3. The summed E-state index contributed by atoms with van der Waals surface area (Å²) < 4.78 is 44.8. The zero-order valence-corrected chi connectivity index (χ0v) is 10.3. The van der Waals surface area contributed by atoms with Crippen LogP contribution in [-0.2, 0) is 17.8 Å². The van der Waals surface area contributed by atoms with Crippen LogP contribution in [0.25, 0.3) is 0 Å². The van der Waals surface area contributed by atoms with Gasteiger partial charge in [-0.15, -0.1) is 11.3 Å². The molecule has 2 aromatic heterocycles. The van der Waals surface area contributed by atoms with Crippen molar-refractivity contribution in [2.24, 2.45) is 0 Å². The molecule has 10 heteroatoms. The minimum Gasteiger partial charge on any atom is -0.375 e. The number of halogens is 3. The van der Waals surface area contributed by atoms with Crippen LogP contribution in [0, 0.1) is 0 Å². The van der Waals surface area contributed by atoms with E-state index in [1.165, 1.54) is 11.3 Å². The molecule has 0 bridgehead atoms. The fraction of sp³-hybridized carbons (Fsp3) is 0.444. The van der Waals surface area contributed by atoms with Crippen LogP contribution >= 0.6 is 11.3 Å². The number of hydrogen-bond donors (Lipinski definition) is 1. The molecule has 0 aliphatic heterocycles. The molecule has 0 aromatic carbocycles. The fourth-order valence-corrected chi connectivity index (χ4v) is 1.80. The summed E-state index contributed by atoms with van der Waals surface area (Å²) in [5, 5.41) is 5.66. The standard InChI is InChI=1S/C9H9F3N4O2S/c10-9(11,12)4-17-2-6-15-7(18-16-6)1-5-3-19-8(13)14-5/h3H,1-2,4H2,(H2,13,14). The summed E-state index contributed by atoms with van der Waals surface area (Å²) in [6.45, 7) is -1.71. The van der Waals surface area contributed by atoms with Crippen LogP contribution in [-0.4, -0.2) is 27.9 Å². The van der Waals surface area contributed by atoms with Crippen molar-refractivity contribution in [1.82, 2.24) is 15.1 Å². The molecule has 19 heavy (non-hydrogen) atoms. The van der Waals surface area contributed by atoms with Crippen molar-refractivity contribution in [1.29, 1.82) is 0 Å². The van der Waals surface area contributed by atoms with Crippen LogP contribution in [0.2, 0.25) is 0 Å². The molecule has 0 radical (unpaired) electrons. The largest absolute Gasteiger partial charge is 0.411 e. The van der Waals surface area contributed by atoms with Gasteiger partial charge >= 0.3 is 6.18 Å². The fourth-order valence-electron chi connectivity index (χ4n) is 1.24. The van der Waals surface area contributed by atoms with E-state index in [1.807, 2.05) is 0 Å². The summed E-state index contributed by atoms with van der Waals surface area (Å²) in [5.41, 5.74) is 6.12. The topological polar surface area (TPSA) is 87.1 Å². The molecule has 0 aliphatic carbocycles. The molecule has 0 atom stereocenters. The van der Waals surface area contributed by atoms with Crippen molar-refractivity contribution in [3.8, 4) is 0 Å². The highest BCUT2D eigenvalue weighted by Crippen LogP contribution is 2.16. The van der Waals surface area contributed by atoms with Gasteiger partial charge in [-0.1, -0.05) is 5.16 Å². The number of rotatable bonds is 5. The van der Waals surface area contributed by atoms with Gasteiger partial charge in [0.25, 0.3) is 0 Å². The van der Waals surface area contributed by atoms with Crippen LogP contribution < -0.4 is 5.73 Å². The summed E-state index contributed by atoms with van der Waals surface area (Å²) in [7, 11) is 0. The number of anilines is 1. The maximum atomic E-state index is 11.8. The van der Waals surface area contributed by atoms with Crippen molar-refractivity contribution in [2.75, 3.05) is 12.3 Å². The Morgan fingerprint density at radius 2 is 2.16 bits per heavy atom. The lowest BCUT2D eigenvalue weighted by Gasteiger charge is -2.04. The van der Waals surface area contributed by atoms with Crippen molar-refractivity contribution in [3.05, 3.63) is 22.8 Å². The Balaban J connectivity index is 1.85. The molecule has 2 aromatic rings. The first-order valence-electron chi connectivity index (χ1n) is 5.08. The number of thiazole rings is 1. The molecule has 0 aliphatic rings. The minimum absolute atomic E-state index is 0.0578. The lowest BCUT2D eigenvalue weighted by Crippen LogP contribution is -2.16. The Labute approximate surface area is 109 Å². The van der Waals surface area contributed by atoms with E-state index in [1.54, 1.807) is 5.38 Å². The van der Waals surface area contributed by atoms with Gasteiger partial charge in [0.1, 0.15) is 13.2 Å². The molecule has 0 spiro atoms. The smallest absolute Gasteiger partial charge is 0.375 e. The molecule has 2 heterocycles. The monoisotopic (exact) mass is 294 g/mol. The van der Waals surface area contributed by atoms with Gasteiger partial charge in [-0.2, -0.15) is 18.2 Å². The maximum Gasteiger partial charge on any atom is 0.411 e. The first-order valence-corrected chi connectivity index (χ1v) is 5.96. The number of hydrogen-bond acceptors (Lipinski definition) is 7. The predicted molar refractivity (Wildman–Crippen MR) is 59.3 cm³/mol. The molecule has 0 amide bonds. The highest BCUT2D eigenvalue weighted by Gasteiger charge is 2.27. The van der Waals surface area contributed by atoms with Gasteiger partial charge in [0.15, 0.2) is 11.0 Å². The molecular formula is C9H9F3N4O2S. The van der Waals surface area contributed by atoms with E-state index in [0.717, 1.165) is 0 Å². The molecule has 0 unspecified atom stereocenters. The van der Waals surface area contributed by atoms with E-state index in [0.29, 0.717) is 10.8 Å². The third kappa shape index (κ3) is 4.48. The molecule has 0 saturated carbocycles. The predicted octanol–water partition coefficient (Wildman–Crippen LogP) is 1.78. The normalized spacial score (nSPS) is 11.9. The molecule has 6 nitrogen and oxygen atoms in total. The summed E-state index contributed by atoms with van der Waals surface area (Å²) >= 11 is 1.27. The second-order valence-corrected chi connectivity index (χ2v) is 4.46. The number of nitrogen functional groups attached to an aromatic ring is 1.